The first-order valence-corrected chi connectivity index (χ1v) is 9.90. The van der Waals surface area contributed by atoms with Gasteiger partial charge in [0.15, 0.2) is 0 Å². The third kappa shape index (κ3) is 3.88. The van der Waals surface area contributed by atoms with E-state index in [-0.39, 0.29) is 12.8 Å². The lowest BCUT2D eigenvalue weighted by Gasteiger charge is -2.23. The van der Waals surface area contributed by atoms with Crippen molar-refractivity contribution in [3.63, 3.8) is 0 Å². The predicted molar refractivity (Wildman–Crippen MR) is 89.9 cm³/mol. The summed E-state index contributed by atoms with van der Waals surface area (Å²) < 4.78 is 0. The predicted octanol–water partition coefficient (Wildman–Crippen LogP) is 2.16. The number of nitrogens with zero attached hydrogens (tertiary/aromatic N) is 1. The molecule has 6 heteroatoms. The first kappa shape index (κ1) is 17.4. The van der Waals surface area contributed by atoms with Crippen LogP contribution in [0.15, 0.2) is 24.3 Å². The van der Waals surface area contributed by atoms with Crippen LogP contribution in [0.5, 0.6) is 0 Å². The molecule has 0 bridgehead atoms. The van der Waals surface area contributed by atoms with Gasteiger partial charge in [-0.3, -0.25) is 9.59 Å². The second-order valence-corrected chi connectivity index (χ2v) is 11.0. The summed E-state index contributed by atoms with van der Waals surface area (Å²) in [4.78, 5) is 40.0. The molecule has 0 saturated carbocycles. The lowest BCUT2D eigenvalue weighted by Crippen LogP contribution is -2.36. The first-order valence-electron chi connectivity index (χ1n) is 7.99. The number of carbonyl (C=O) groups is 3. The number of rotatable bonds is 5. The van der Waals surface area contributed by atoms with E-state index in [4.69, 9.17) is 4.84 Å². The Balaban J connectivity index is 2.11. The molecule has 0 spiro atoms. The van der Waals surface area contributed by atoms with Crippen molar-refractivity contribution >= 4 is 31.8 Å². The standard InChI is InChI=1S/C17H23NO4Si/c1-11(2)23(12(3)4)14-7-5-13(6-8-14)17(21)22-18-15(19)9-10-16(18)20/h5-8,11-12,23H,9-10H2,1-4H3. The topological polar surface area (TPSA) is 63.7 Å². The van der Waals surface area contributed by atoms with Gasteiger partial charge in [-0.1, -0.05) is 45.0 Å². The summed E-state index contributed by atoms with van der Waals surface area (Å²) in [6.45, 7) is 8.96. The van der Waals surface area contributed by atoms with E-state index in [9.17, 15) is 14.4 Å². The number of benzene rings is 1. The molecule has 1 aromatic carbocycles. The van der Waals surface area contributed by atoms with E-state index in [1.165, 1.54) is 5.19 Å². The Labute approximate surface area is 138 Å². The van der Waals surface area contributed by atoms with Crippen LogP contribution in [-0.4, -0.2) is 31.6 Å². The van der Waals surface area contributed by atoms with Gasteiger partial charge >= 0.3 is 5.97 Å². The Morgan fingerprint density at radius 2 is 1.48 bits per heavy atom. The lowest BCUT2D eigenvalue weighted by molar-refractivity contribution is -0.172. The molecule has 1 aliphatic rings. The fourth-order valence-electron chi connectivity index (χ4n) is 3.17. The molecular formula is C17H23NO4Si. The van der Waals surface area contributed by atoms with Crippen molar-refractivity contribution in [3.8, 4) is 0 Å². The molecule has 1 aromatic rings. The molecular weight excluding hydrogens is 310 g/mol. The van der Waals surface area contributed by atoms with Crippen LogP contribution in [0.2, 0.25) is 11.1 Å². The van der Waals surface area contributed by atoms with Crippen molar-refractivity contribution in [2.75, 3.05) is 0 Å². The van der Waals surface area contributed by atoms with E-state index in [0.717, 1.165) is 0 Å². The van der Waals surface area contributed by atoms with Crippen LogP contribution in [0.1, 0.15) is 50.9 Å². The number of hydrogen-bond donors (Lipinski definition) is 0. The summed E-state index contributed by atoms with van der Waals surface area (Å²) >= 11 is 0. The number of carbonyl (C=O) groups excluding carboxylic acids is 3. The fourth-order valence-corrected chi connectivity index (χ4v) is 6.89. The van der Waals surface area contributed by atoms with E-state index in [1.54, 1.807) is 12.1 Å². The van der Waals surface area contributed by atoms with Crippen LogP contribution in [0.4, 0.5) is 0 Å². The monoisotopic (exact) mass is 333 g/mol. The van der Waals surface area contributed by atoms with Gasteiger partial charge in [-0.2, -0.15) is 0 Å². The molecule has 0 aromatic heterocycles. The maximum absolute atomic E-state index is 12.1. The highest BCUT2D eigenvalue weighted by Crippen LogP contribution is 2.20. The van der Waals surface area contributed by atoms with Gasteiger partial charge in [0.05, 0.1) is 14.4 Å². The molecule has 2 rings (SSSR count). The van der Waals surface area contributed by atoms with E-state index >= 15 is 0 Å². The molecule has 1 saturated heterocycles. The van der Waals surface area contributed by atoms with Crippen molar-refractivity contribution in [1.82, 2.24) is 5.06 Å². The molecule has 0 radical (unpaired) electrons. The van der Waals surface area contributed by atoms with Crippen molar-refractivity contribution < 1.29 is 19.2 Å². The van der Waals surface area contributed by atoms with Gasteiger partial charge in [0.25, 0.3) is 11.8 Å². The van der Waals surface area contributed by atoms with Crippen molar-refractivity contribution in [2.24, 2.45) is 0 Å². The van der Waals surface area contributed by atoms with E-state index in [2.05, 4.69) is 27.7 Å². The van der Waals surface area contributed by atoms with Crippen LogP contribution in [0.3, 0.4) is 0 Å². The van der Waals surface area contributed by atoms with Crippen LogP contribution >= 0.6 is 0 Å². The van der Waals surface area contributed by atoms with Gasteiger partial charge in [0, 0.05) is 12.8 Å². The summed E-state index contributed by atoms with van der Waals surface area (Å²) in [5.74, 6) is -1.61. The minimum absolute atomic E-state index is 0.0983. The van der Waals surface area contributed by atoms with Gasteiger partial charge in [-0.05, 0) is 23.2 Å². The highest BCUT2D eigenvalue weighted by atomic mass is 28.3. The van der Waals surface area contributed by atoms with Crippen molar-refractivity contribution in [2.45, 2.75) is 51.6 Å². The zero-order valence-electron chi connectivity index (χ0n) is 14.0. The minimum atomic E-state index is -1.11. The largest absolute Gasteiger partial charge is 0.363 e. The summed E-state index contributed by atoms with van der Waals surface area (Å²) in [6.07, 6.45) is 0.197. The SMILES string of the molecule is CC(C)[SiH](c1ccc(C(=O)ON2C(=O)CCC2=O)cc1)C(C)C. The van der Waals surface area contributed by atoms with Crippen LogP contribution in [0.25, 0.3) is 0 Å². The Kier molecular flexibility index (Phi) is 5.36. The zero-order chi connectivity index (χ0) is 17.1. The van der Waals surface area contributed by atoms with E-state index in [0.29, 0.717) is 21.7 Å². The molecule has 1 heterocycles. The molecule has 2 amide bonds. The summed E-state index contributed by atoms with van der Waals surface area (Å²) in [7, 11) is -1.11. The Morgan fingerprint density at radius 3 is 1.91 bits per heavy atom. The maximum Gasteiger partial charge on any atom is 0.363 e. The normalized spacial score (nSPS) is 15.2. The van der Waals surface area contributed by atoms with Crippen molar-refractivity contribution in [3.05, 3.63) is 29.8 Å². The summed E-state index contributed by atoms with van der Waals surface area (Å²) in [5, 5.41) is 1.88. The van der Waals surface area contributed by atoms with Gasteiger partial charge < -0.3 is 4.84 Å². The Bertz CT molecular complexity index is 586. The average molecular weight is 333 g/mol. The molecule has 0 atom stereocenters. The van der Waals surface area contributed by atoms with Gasteiger partial charge in [-0.15, -0.1) is 5.06 Å². The third-order valence-corrected chi connectivity index (χ3v) is 8.18. The number of hydroxylamine groups is 2. The molecule has 0 N–H and O–H groups in total. The smallest absolute Gasteiger partial charge is 0.325 e. The van der Waals surface area contributed by atoms with Crippen LogP contribution < -0.4 is 5.19 Å². The van der Waals surface area contributed by atoms with Gasteiger partial charge in [0.2, 0.25) is 0 Å². The molecule has 124 valence electrons. The quantitative estimate of drug-likeness (QED) is 0.612. The highest BCUT2D eigenvalue weighted by Gasteiger charge is 2.33. The zero-order valence-corrected chi connectivity index (χ0v) is 15.2. The number of amides is 2. The second kappa shape index (κ2) is 7.08. The van der Waals surface area contributed by atoms with Gasteiger partial charge in [0.1, 0.15) is 0 Å². The molecule has 1 fully saturated rings. The molecule has 23 heavy (non-hydrogen) atoms. The summed E-state index contributed by atoms with van der Waals surface area (Å²) in [5.41, 5.74) is 1.61. The lowest BCUT2D eigenvalue weighted by atomic mass is 10.2. The van der Waals surface area contributed by atoms with E-state index < -0.39 is 26.6 Å². The minimum Gasteiger partial charge on any atom is -0.325 e. The summed E-state index contributed by atoms with van der Waals surface area (Å²) in [6, 6.07) is 7.38. The number of hydrogen-bond acceptors (Lipinski definition) is 4. The molecule has 1 aliphatic heterocycles. The van der Waals surface area contributed by atoms with Crippen LogP contribution in [-0.2, 0) is 14.4 Å². The first-order chi connectivity index (χ1) is 10.8. The Hall–Kier alpha value is -1.95. The van der Waals surface area contributed by atoms with E-state index in [1.807, 2.05) is 12.1 Å². The Morgan fingerprint density at radius 1 is 1.00 bits per heavy atom. The van der Waals surface area contributed by atoms with Gasteiger partial charge in [-0.25, -0.2) is 4.79 Å². The maximum atomic E-state index is 12.1. The molecule has 5 nitrogen and oxygen atoms in total. The highest BCUT2D eigenvalue weighted by molar-refractivity contribution is 6.75. The van der Waals surface area contributed by atoms with Crippen molar-refractivity contribution in [1.29, 1.82) is 0 Å². The average Bonchev–Trinajstić information content (AvgIpc) is 2.79. The molecule has 0 aliphatic carbocycles. The third-order valence-electron chi connectivity index (χ3n) is 4.15. The van der Waals surface area contributed by atoms with Crippen LogP contribution in [0, 0.1) is 0 Å². The number of imide groups is 1. The fraction of sp³-hybridized carbons (Fsp3) is 0.471. The second-order valence-electron chi connectivity index (χ2n) is 6.60. The molecule has 0 unspecified atom stereocenters.